The van der Waals surface area contributed by atoms with E-state index >= 15 is 0 Å². The van der Waals surface area contributed by atoms with Crippen molar-refractivity contribution >= 4 is 15.9 Å². The van der Waals surface area contributed by atoms with E-state index in [1.807, 2.05) is 0 Å². The third-order valence-corrected chi connectivity index (χ3v) is 1.66. The summed E-state index contributed by atoms with van der Waals surface area (Å²) in [4.78, 5) is -0.0741. The second-order valence-corrected chi connectivity index (χ2v) is 3.44. The van der Waals surface area contributed by atoms with Crippen molar-refractivity contribution in [2.24, 2.45) is 0 Å². The Morgan fingerprint density at radius 2 is 2.38 bits per heavy atom. The summed E-state index contributed by atoms with van der Waals surface area (Å²) in [5.41, 5.74) is 0. The Morgan fingerprint density at radius 1 is 1.88 bits per heavy atom. The topological polar surface area (TPSA) is 12.5 Å². The quantitative estimate of drug-likeness (QED) is 0.466. The van der Waals surface area contributed by atoms with Gasteiger partial charge in [-0.15, -0.1) is 0 Å². The number of hydrogen-bond acceptors (Lipinski definition) is 1. The van der Waals surface area contributed by atoms with E-state index in [0.717, 1.165) is 0 Å². The first kappa shape index (κ1) is 6.49. The van der Waals surface area contributed by atoms with E-state index in [0.29, 0.717) is 6.61 Å². The molecule has 1 aliphatic rings. The van der Waals surface area contributed by atoms with Crippen LogP contribution in [0.3, 0.4) is 0 Å². The molecule has 0 bridgehead atoms. The van der Waals surface area contributed by atoms with Gasteiger partial charge in [-0.1, -0.05) is 15.9 Å². The number of alkyl halides is 2. The highest BCUT2D eigenvalue weighted by molar-refractivity contribution is 9.09. The minimum absolute atomic E-state index is 0.0741. The minimum atomic E-state index is -0.824. The lowest BCUT2D eigenvalue weighted by molar-refractivity contribution is 0.250. The molecule has 0 aliphatic carbocycles. The van der Waals surface area contributed by atoms with Gasteiger partial charge in [0.1, 0.15) is 12.3 Å². The molecule has 0 saturated carbocycles. The lowest BCUT2D eigenvalue weighted by Gasteiger charge is -2.04. The van der Waals surface area contributed by atoms with E-state index in [9.17, 15) is 4.39 Å². The second-order valence-electron chi connectivity index (χ2n) is 1.99. The summed E-state index contributed by atoms with van der Waals surface area (Å²) >= 11 is 3.13. The molecule has 8 heavy (non-hydrogen) atoms. The molecule has 48 valence electrons. The summed E-state index contributed by atoms with van der Waals surface area (Å²) in [5.74, 6) is 0. The van der Waals surface area contributed by atoms with Crippen LogP contribution in [0.5, 0.6) is 0 Å². The van der Waals surface area contributed by atoms with Crippen molar-refractivity contribution in [3.63, 3.8) is 0 Å². The largest absolute Gasteiger partial charge is 0.370 e. The lowest BCUT2D eigenvalue weighted by Crippen LogP contribution is -2.18. The van der Waals surface area contributed by atoms with Gasteiger partial charge < -0.3 is 4.74 Å². The summed E-state index contributed by atoms with van der Waals surface area (Å²) in [6.45, 7) is 2.38. The molecular weight excluding hydrogens is 175 g/mol. The van der Waals surface area contributed by atoms with Gasteiger partial charge in [0.05, 0.1) is 6.61 Å². The van der Waals surface area contributed by atoms with Crippen molar-refractivity contribution in [1.29, 1.82) is 0 Å². The van der Waals surface area contributed by atoms with Crippen molar-refractivity contribution in [3.05, 3.63) is 0 Å². The maximum atomic E-state index is 12.5. The Hall–Kier alpha value is 0.370. The van der Waals surface area contributed by atoms with Gasteiger partial charge >= 0.3 is 0 Å². The van der Waals surface area contributed by atoms with Crippen molar-refractivity contribution in [1.82, 2.24) is 0 Å². The van der Waals surface area contributed by atoms with Crippen LogP contribution in [0.15, 0.2) is 0 Å². The van der Waals surface area contributed by atoms with Gasteiger partial charge in [-0.3, -0.25) is 0 Å². The molecule has 0 N–H and O–H groups in total. The third-order valence-electron chi connectivity index (χ3n) is 1.15. The molecule has 3 heteroatoms. The number of ether oxygens (including phenoxy) is 1. The Kier molecular flexibility index (Phi) is 1.88. The van der Waals surface area contributed by atoms with Crippen LogP contribution in [0.25, 0.3) is 0 Å². The molecule has 1 heterocycles. The molecule has 1 saturated heterocycles. The number of rotatable bonds is 2. The van der Waals surface area contributed by atoms with Crippen LogP contribution in [0, 0.1) is 0 Å². The average molecular weight is 183 g/mol. The third kappa shape index (κ3) is 1.42. The van der Waals surface area contributed by atoms with E-state index in [4.69, 9.17) is 4.74 Å². The normalized spacial score (nSPS) is 34.1. The van der Waals surface area contributed by atoms with Crippen LogP contribution >= 0.6 is 15.9 Å². The zero-order valence-electron chi connectivity index (χ0n) is 4.60. The highest BCUT2D eigenvalue weighted by Crippen LogP contribution is 2.23. The maximum Gasteiger partial charge on any atom is 0.141 e. The fraction of sp³-hybridized carbons (Fsp3) is 1.00. The summed E-state index contributed by atoms with van der Waals surface area (Å²) in [7, 11) is 0. The predicted octanol–water partition coefficient (Wildman–Crippen LogP) is 1.51. The smallest absolute Gasteiger partial charge is 0.141 e. The lowest BCUT2D eigenvalue weighted by atomic mass is 10.2. The van der Waals surface area contributed by atoms with Crippen molar-refractivity contribution < 1.29 is 9.13 Å². The van der Waals surface area contributed by atoms with Crippen molar-refractivity contribution in [2.75, 3.05) is 6.61 Å². The van der Waals surface area contributed by atoms with Gasteiger partial charge in [0.25, 0.3) is 0 Å². The van der Waals surface area contributed by atoms with E-state index in [-0.39, 0.29) is 10.9 Å². The van der Waals surface area contributed by atoms with Crippen molar-refractivity contribution in [3.8, 4) is 0 Å². The van der Waals surface area contributed by atoms with Crippen LogP contribution in [-0.2, 0) is 4.74 Å². The molecule has 0 aromatic rings. The SMILES string of the molecule is CC(Br)C(F)C1CO1. The Labute approximate surface area is 56.3 Å². The van der Waals surface area contributed by atoms with Crippen LogP contribution in [-0.4, -0.2) is 23.7 Å². The number of hydrogen-bond donors (Lipinski definition) is 0. The number of halogens is 2. The van der Waals surface area contributed by atoms with Crippen LogP contribution < -0.4 is 0 Å². The zero-order chi connectivity index (χ0) is 6.15. The summed E-state index contributed by atoms with van der Waals surface area (Å²) in [6.07, 6.45) is -0.945. The van der Waals surface area contributed by atoms with E-state index in [2.05, 4.69) is 15.9 Å². The predicted molar refractivity (Wildman–Crippen MR) is 33.0 cm³/mol. The van der Waals surface area contributed by atoms with E-state index in [1.54, 1.807) is 6.92 Å². The maximum absolute atomic E-state index is 12.5. The second kappa shape index (κ2) is 2.31. The summed E-state index contributed by atoms with van der Waals surface area (Å²) < 4.78 is 17.3. The van der Waals surface area contributed by atoms with Gasteiger partial charge in [0.2, 0.25) is 0 Å². The highest BCUT2D eigenvalue weighted by Gasteiger charge is 2.35. The fourth-order valence-electron chi connectivity index (χ4n) is 0.535. The zero-order valence-corrected chi connectivity index (χ0v) is 6.19. The number of epoxide rings is 1. The molecule has 3 atom stereocenters. The first-order valence-electron chi connectivity index (χ1n) is 2.61. The van der Waals surface area contributed by atoms with Gasteiger partial charge in [-0.05, 0) is 6.92 Å². The van der Waals surface area contributed by atoms with Gasteiger partial charge in [0, 0.05) is 4.83 Å². The molecule has 1 rings (SSSR count). The Morgan fingerprint density at radius 3 is 2.50 bits per heavy atom. The molecular formula is C5H8BrFO. The molecule has 0 radical (unpaired) electrons. The standard InChI is InChI=1S/C5H8BrFO/c1-3(6)5(7)4-2-8-4/h3-5H,2H2,1H3. The molecule has 3 unspecified atom stereocenters. The molecule has 0 aromatic heterocycles. The molecule has 1 nitrogen and oxygen atoms in total. The first-order valence-corrected chi connectivity index (χ1v) is 3.53. The van der Waals surface area contributed by atoms with Crippen LogP contribution in [0.4, 0.5) is 4.39 Å². The monoisotopic (exact) mass is 182 g/mol. The first-order chi connectivity index (χ1) is 3.72. The average Bonchev–Trinajstić information content (AvgIpc) is 2.43. The van der Waals surface area contributed by atoms with Gasteiger partial charge in [-0.2, -0.15) is 0 Å². The molecule has 1 aliphatic heterocycles. The molecule has 0 spiro atoms. The fourth-order valence-corrected chi connectivity index (χ4v) is 0.876. The van der Waals surface area contributed by atoms with Gasteiger partial charge in [-0.25, -0.2) is 4.39 Å². The van der Waals surface area contributed by atoms with E-state index < -0.39 is 6.17 Å². The molecule has 0 aromatic carbocycles. The molecule has 0 amide bonds. The Balaban J connectivity index is 2.22. The molecule has 1 fully saturated rings. The van der Waals surface area contributed by atoms with Crippen LogP contribution in [0.1, 0.15) is 6.92 Å². The van der Waals surface area contributed by atoms with Gasteiger partial charge in [0.15, 0.2) is 0 Å². The van der Waals surface area contributed by atoms with E-state index in [1.165, 1.54) is 0 Å². The summed E-state index contributed by atoms with van der Waals surface area (Å²) in [6, 6.07) is 0. The Bertz CT molecular complexity index is 80.5. The summed E-state index contributed by atoms with van der Waals surface area (Å²) in [5, 5.41) is 0. The van der Waals surface area contributed by atoms with Crippen LogP contribution in [0.2, 0.25) is 0 Å². The highest BCUT2D eigenvalue weighted by atomic mass is 79.9. The van der Waals surface area contributed by atoms with Crippen molar-refractivity contribution in [2.45, 2.75) is 24.0 Å². The minimum Gasteiger partial charge on any atom is -0.370 e.